The van der Waals surface area contributed by atoms with Gasteiger partial charge in [-0.05, 0) is 0 Å². The van der Waals surface area contributed by atoms with Crippen LogP contribution in [0.15, 0.2) is 59.5 Å². The zero-order valence-corrected chi connectivity index (χ0v) is 21.0. The molecule has 4 nitrogen and oxygen atoms in total. The van der Waals surface area contributed by atoms with Crippen LogP contribution in [-0.2, 0) is 19.4 Å². The van der Waals surface area contributed by atoms with Gasteiger partial charge in [0.15, 0.2) is 0 Å². The van der Waals surface area contributed by atoms with Crippen molar-refractivity contribution in [1.29, 1.82) is 0 Å². The van der Waals surface area contributed by atoms with Crippen LogP contribution in [0.4, 0.5) is 0 Å². The van der Waals surface area contributed by atoms with Crippen molar-refractivity contribution in [2.75, 3.05) is 7.11 Å². The fraction of sp³-hybridized carbons (Fsp3) is 0.409. The summed E-state index contributed by atoms with van der Waals surface area (Å²) in [5.74, 6) is -0.816. The third-order valence-corrected chi connectivity index (χ3v) is 17.6. The Balaban J connectivity index is 2.04. The van der Waals surface area contributed by atoms with E-state index >= 15 is 0 Å². The van der Waals surface area contributed by atoms with E-state index in [0.29, 0.717) is 6.42 Å². The van der Waals surface area contributed by atoms with Crippen molar-refractivity contribution in [3.63, 3.8) is 0 Å². The van der Waals surface area contributed by atoms with Crippen LogP contribution < -0.4 is 4.46 Å². The number of hydrogen-bond donors (Lipinski definition) is 0. The van der Waals surface area contributed by atoms with Crippen LogP contribution in [-0.4, -0.2) is 49.3 Å². The van der Waals surface area contributed by atoms with Crippen LogP contribution >= 0.6 is 0 Å². The van der Waals surface area contributed by atoms with Crippen molar-refractivity contribution in [1.82, 2.24) is 0 Å². The number of sulfone groups is 1. The van der Waals surface area contributed by atoms with Crippen molar-refractivity contribution in [2.45, 2.75) is 47.1 Å². The van der Waals surface area contributed by atoms with E-state index < -0.39 is 28.6 Å². The van der Waals surface area contributed by atoms with Gasteiger partial charge in [-0.15, -0.1) is 0 Å². The van der Waals surface area contributed by atoms with E-state index in [0.717, 1.165) is 5.56 Å². The topological polar surface area (TPSA) is 60.4 Å². The van der Waals surface area contributed by atoms with Crippen LogP contribution in [0, 0.1) is 12.8 Å². The van der Waals surface area contributed by atoms with Gasteiger partial charge in [0.25, 0.3) is 0 Å². The van der Waals surface area contributed by atoms with Gasteiger partial charge in [-0.2, -0.15) is 0 Å². The average molecular weight is 496 g/mol. The van der Waals surface area contributed by atoms with Crippen molar-refractivity contribution >= 4 is 43.3 Å². The molecule has 0 aromatic heterocycles. The Bertz CT molecular complexity index is 984. The molecule has 0 N–H and O–H groups in total. The molecular weight excluding hydrogens is 467 g/mol. The number of rotatable bonds is 7. The molecule has 1 aliphatic carbocycles. The van der Waals surface area contributed by atoms with Crippen LogP contribution in [0.2, 0.25) is 24.1 Å². The van der Waals surface area contributed by atoms with Crippen LogP contribution in [0.1, 0.15) is 12.0 Å². The summed E-state index contributed by atoms with van der Waals surface area (Å²) in [6, 6.07) is 17.0. The Morgan fingerprint density at radius 2 is 1.69 bits per heavy atom. The maximum atomic E-state index is 13.6. The summed E-state index contributed by atoms with van der Waals surface area (Å²) in [5.41, 5.74) is 0.982. The number of hydrogen-bond acceptors (Lipinski definition) is 4. The summed E-state index contributed by atoms with van der Waals surface area (Å²) in [6.45, 7) is 8.71. The summed E-state index contributed by atoms with van der Waals surface area (Å²) in [5, 5.41) is 0. The molecule has 0 radical (unpaired) electrons. The zero-order valence-electron chi connectivity index (χ0n) is 17.5. The summed E-state index contributed by atoms with van der Waals surface area (Å²) in [4.78, 5) is 13.1. The second kappa shape index (κ2) is 8.03. The van der Waals surface area contributed by atoms with Crippen LogP contribution in [0.25, 0.3) is 0 Å². The predicted molar refractivity (Wildman–Crippen MR) is 120 cm³/mol. The minimum absolute atomic E-state index is 0.0922. The molecule has 0 bridgehead atoms. The number of ether oxygens (including phenoxy) is 1. The summed E-state index contributed by atoms with van der Waals surface area (Å²) in [6.07, 6.45) is 0.347. The molecule has 3 rings (SSSR count). The fourth-order valence-corrected chi connectivity index (χ4v) is 13.6. The first-order chi connectivity index (χ1) is 13.5. The molecule has 0 saturated heterocycles. The molecule has 1 aliphatic rings. The average Bonchev–Trinajstić information content (AvgIpc) is 3.43. The number of aryl methyl sites for hydroxylation is 1. The first kappa shape index (κ1) is 22.3. The molecule has 3 atom stereocenters. The van der Waals surface area contributed by atoms with Crippen LogP contribution in [0.5, 0.6) is 0 Å². The van der Waals surface area contributed by atoms with Gasteiger partial charge in [-0.1, -0.05) is 0 Å². The third kappa shape index (κ3) is 4.11. The Kier molecular flexibility index (Phi) is 6.17. The van der Waals surface area contributed by atoms with Gasteiger partial charge in [0.2, 0.25) is 0 Å². The molecule has 0 unspecified atom stereocenters. The molecule has 2 aromatic rings. The molecule has 0 spiro atoms. The van der Waals surface area contributed by atoms with Gasteiger partial charge in [0.1, 0.15) is 0 Å². The van der Waals surface area contributed by atoms with Crippen molar-refractivity contribution in [3.05, 3.63) is 60.2 Å². The third-order valence-electron chi connectivity index (χ3n) is 5.53. The minimum atomic E-state index is -3.84. The van der Waals surface area contributed by atoms with E-state index in [9.17, 15) is 13.2 Å². The number of carbonyl (C=O) groups is 1. The summed E-state index contributed by atoms with van der Waals surface area (Å²) < 4.78 is 32.3. The van der Waals surface area contributed by atoms with E-state index in [1.54, 1.807) is 24.3 Å². The number of carbonyl (C=O) groups excluding carboxylic acids is 1. The van der Waals surface area contributed by atoms with Gasteiger partial charge < -0.3 is 0 Å². The number of esters is 1. The first-order valence-electron chi connectivity index (χ1n) is 9.65. The summed E-state index contributed by atoms with van der Waals surface area (Å²) in [7, 11) is -4.31. The molecule has 1 saturated carbocycles. The van der Waals surface area contributed by atoms with Gasteiger partial charge in [0.05, 0.1) is 0 Å². The Labute approximate surface area is 181 Å². The van der Waals surface area contributed by atoms with Gasteiger partial charge in [0, 0.05) is 0 Å². The standard InChI is InChI=1S/C22H28O4SSeSi/c1-16-11-13-17(14-12-16)27(24,25)22(21(23)26-2)15-19(22)20(29(3,4)5)28-18-9-7-6-8-10-18/h6-14,19-20H,15H2,1-5H3/t19-,20-,22+/m1/s1. The van der Waals surface area contributed by atoms with Gasteiger partial charge >= 0.3 is 182 Å². The predicted octanol–water partition coefficient (Wildman–Crippen LogP) is 3.40. The Hall–Kier alpha value is -1.40. The van der Waals surface area contributed by atoms with Crippen molar-refractivity contribution < 1.29 is 17.9 Å². The number of methoxy groups -OCH3 is 1. The first-order valence-corrected chi connectivity index (χ1v) is 16.6. The second-order valence-corrected chi connectivity index (χ2v) is 19.8. The normalized spacial score (nSPS) is 22.7. The van der Waals surface area contributed by atoms with E-state index in [1.165, 1.54) is 11.6 Å². The van der Waals surface area contributed by atoms with Crippen molar-refractivity contribution in [3.8, 4) is 0 Å². The van der Waals surface area contributed by atoms with E-state index in [1.807, 2.05) is 25.1 Å². The molecular formula is C22H28O4SSeSi. The molecule has 1 fully saturated rings. The monoisotopic (exact) mass is 496 g/mol. The SMILES string of the molecule is COC(=O)[C@]1(S(=O)(=O)c2ccc(C)cc2)C[C@@H]1[C@H]([Se]c1ccccc1)[Si](C)(C)C. The maximum absolute atomic E-state index is 13.6. The quantitative estimate of drug-likeness (QED) is 0.437. The molecule has 0 heterocycles. The van der Waals surface area contributed by atoms with Crippen molar-refractivity contribution in [2.24, 2.45) is 5.92 Å². The van der Waals surface area contributed by atoms with E-state index in [-0.39, 0.29) is 30.2 Å². The fourth-order valence-electron chi connectivity index (χ4n) is 3.88. The Morgan fingerprint density at radius 1 is 1.10 bits per heavy atom. The molecule has 0 amide bonds. The summed E-state index contributed by atoms with van der Waals surface area (Å²) >= 11 is 0.0922. The van der Waals surface area contributed by atoms with Gasteiger partial charge in [-0.25, -0.2) is 0 Å². The number of benzene rings is 2. The van der Waals surface area contributed by atoms with Gasteiger partial charge in [-0.3, -0.25) is 0 Å². The van der Waals surface area contributed by atoms with Crippen LogP contribution in [0.3, 0.4) is 0 Å². The zero-order chi connectivity index (χ0) is 21.4. The molecule has 7 heteroatoms. The Morgan fingerprint density at radius 3 is 2.21 bits per heavy atom. The molecule has 2 aromatic carbocycles. The molecule has 156 valence electrons. The second-order valence-electron chi connectivity index (χ2n) is 8.73. The van der Waals surface area contributed by atoms with E-state index in [4.69, 9.17) is 4.74 Å². The van der Waals surface area contributed by atoms with E-state index in [2.05, 4.69) is 31.8 Å². The molecule has 0 aliphatic heterocycles. The molecule has 29 heavy (non-hydrogen) atoms.